The van der Waals surface area contributed by atoms with Crippen LogP contribution in [0, 0.1) is 0 Å². The molecule has 0 aliphatic carbocycles. The summed E-state index contributed by atoms with van der Waals surface area (Å²) in [5.74, 6) is -0.144. The van der Waals surface area contributed by atoms with Gasteiger partial charge in [0.25, 0.3) is 5.56 Å². The van der Waals surface area contributed by atoms with Crippen LogP contribution in [0.25, 0.3) is 11.0 Å². The predicted molar refractivity (Wildman–Crippen MR) is 81.9 cm³/mol. The summed E-state index contributed by atoms with van der Waals surface area (Å²) in [6.45, 7) is 0. The Morgan fingerprint density at radius 3 is 2.67 bits per heavy atom. The van der Waals surface area contributed by atoms with Crippen molar-refractivity contribution in [3.63, 3.8) is 0 Å². The first kappa shape index (κ1) is 13.5. The molecule has 0 saturated carbocycles. The first-order valence-corrected chi connectivity index (χ1v) is 6.78. The lowest BCUT2D eigenvalue weighted by Gasteiger charge is -2.03. The summed E-state index contributed by atoms with van der Waals surface area (Å²) in [6, 6.07) is 13.9. The zero-order valence-corrected chi connectivity index (χ0v) is 11.7. The van der Waals surface area contributed by atoms with Crippen molar-refractivity contribution in [2.75, 3.05) is 0 Å². The average molecular weight is 299 g/mol. The number of H-pyrrole nitrogens is 1. The first-order valence-electron chi connectivity index (χ1n) is 6.40. The third kappa shape index (κ3) is 2.85. The van der Waals surface area contributed by atoms with Crippen LogP contribution in [0.5, 0.6) is 0 Å². The van der Waals surface area contributed by atoms with Gasteiger partial charge in [0.05, 0.1) is 17.5 Å². The molecule has 1 N–H and O–H groups in total. The standard InChI is InChI=1S/C16H11ClN2O2/c17-11-6-7-12-13(8-11)18-14(16(21)19-12)9-15(20)10-4-2-1-3-5-10/h1-8H,9H2,(H,19,21). The Bertz CT molecular complexity index is 872. The van der Waals surface area contributed by atoms with Gasteiger partial charge in [-0.2, -0.15) is 0 Å². The van der Waals surface area contributed by atoms with Crippen molar-refractivity contribution in [2.45, 2.75) is 6.42 Å². The van der Waals surface area contributed by atoms with E-state index in [1.807, 2.05) is 6.07 Å². The number of hydrogen-bond acceptors (Lipinski definition) is 3. The number of aromatic nitrogens is 2. The molecule has 0 unspecified atom stereocenters. The Kier molecular flexibility index (Phi) is 3.54. The van der Waals surface area contributed by atoms with Gasteiger partial charge in [-0.05, 0) is 18.2 Å². The minimum absolute atomic E-state index is 0.0399. The molecule has 2 aromatic carbocycles. The lowest BCUT2D eigenvalue weighted by Crippen LogP contribution is -2.18. The maximum Gasteiger partial charge on any atom is 0.270 e. The summed E-state index contributed by atoms with van der Waals surface area (Å²) >= 11 is 5.91. The predicted octanol–water partition coefficient (Wildman–Crippen LogP) is 3.00. The highest BCUT2D eigenvalue weighted by molar-refractivity contribution is 6.31. The largest absolute Gasteiger partial charge is 0.319 e. The molecule has 0 amide bonds. The lowest BCUT2D eigenvalue weighted by molar-refractivity contribution is 0.0991. The van der Waals surface area contributed by atoms with Crippen LogP contribution in [0.3, 0.4) is 0 Å². The Morgan fingerprint density at radius 2 is 1.90 bits per heavy atom. The summed E-state index contributed by atoms with van der Waals surface area (Å²) in [7, 11) is 0. The number of Topliss-reactive ketones (excluding diaryl/α,β-unsaturated/α-hetero) is 1. The molecule has 0 saturated heterocycles. The van der Waals surface area contributed by atoms with Crippen LogP contribution in [-0.4, -0.2) is 15.8 Å². The second kappa shape index (κ2) is 5.50. The molecular formula is C16H11ClN2O2. The maximum atomic E-state index is 12.2. The zero-order chi connectivity index (χ0) is 14.8. The molecule has 0 fully saturated rings. The van der Waals surface area contributed by atoms with Crippen molar-refractivity contribution in [1.82, 2.24) is 9.97 Å². The monoisotopic (exact) mass is 298 g/mol. The van der Waals surface area contributed by atoms with E-state index in [4.69, 9.17) is 11.6 Å². The summed E-state index contributed by atoms with van der Waals surface area (Å²) in [6.07, 6.45) is -0.0399. The van der Waals surface area contributed by atoms with Gasteiger partial charge < -0.3 is 4.98 Å². The van der Waals surface area contributed by atoms with Crippen LogP contribution >= 0.6 is 11.6 Å². The molecular weight excluding hydrogens is 288 g/mol. The number of hydrogen-bond donors (Lipinski definition) is 1. The molecule has 0 radical (unpaired) electrons. The summed E-state index contributed by atoms with van der Waals surface area (Å²) in [4.78, 5) is 31.1. The second-order valence-electron chi connectivity index (χ2n) is 4.64. The van der Waals surface area contributed by atoms with E-state index in [9.17, 15) is 9.59 Å². The number of nitrogens with zero attached hydrogens (tertiary/aromatic N) is 1. The van der Waals surface area contributed by atoms with E-state index in [2.05, 4.69) is 9.97 Å². The van der Waals surface area contributed by atoms with Crippen LogP contribution in [0.4, 0.5) is 0 Å². The molecule has 0 spiro atoms. The average Bonchev–Trinajstić information content (AvgIpc) is 2.49. The summed E-state index contributed by atoms with van der Waals surface area (Å²) in [5.41, 5.74) is 1.57. The third-order valence-electron chi connectivity index (χ3n) is 3.15. The van der Waals surface area contributed by atoms with Gasteiger partial charge >= 0.3 is 0 Å². The number of benzene rings is 2. The van der Waals surface area contributed by atoms with Crippen molar-refractivity contribution in [3.05, 3.63) is 75.2 Å². The fourth-order valence-electron chi connectivity index (χ4n) is 2.09. The van der Waals surface area contributed by atoms with Gasteiger partial charge in [0.1, 0.15) is 5.69 Å². The number of halogens is 1. The number of fused-ring (bicyclic) bond motifs is 1. The van der Waals surface area contributed by atoms with Gasteiger partial charge in [0, 0.05) is 10.6 Å². The number of carbonyl (C=O) groups excluding carboxylic acids is 1. The quantitative estimate of drug-likeness (QED) is 0.756. The summed E-state index contributed by atoms with van der Waals surface area (Å²) in [5, 5.41) is 0.530. The smallest absolute Gasteiger partial charge is 0.270 e. The third-order valence-corrected chi connectivity index (χ3v) is 3.38. The Labute approximate surface area is 125 Å². The topological polar surface area (TPSA) is 62.8 Å². The van der Waals surface area contributed by atoms with Gasteiger partial charge in [0.15, 0.2) is 5.78 Å². The lowest BCUT2D eigenvalue weighted by atomic mass is 10.1. The highest BCUT2D eigenvalue weighted by Gasteiger charge is 2.12. The van der Waals surface area contributed by atoms with Crippen molar-refractivity contribution in [3.8, 4) is 0 Å². The number of aromatic amines is 1. The highest BCUT2D eigenvalue weighted by atomic mass is 35.5. The van der Waals surface area contributed by atoms with Gasteiger partial charge in [-0.25, -0.2) is 4.98 Å². The van der Waals surface area contributed by atoms with Crippen LogP contribution in [0.1, 0.15) is 16.1 Å². The SMILES string of the molecule is O=C(Cc1nc2cc(Cl)ccc2[nH]c1=O)c1ccccc1. The fraction of sp³-hybridized carbons (Fsp3) is 0.0625. The molecule has 3 rings (SSSR count). The summed E-state index contributed by atoms with van der Waals surface area (Å²) < 4.78 is 0. The molecule has 0 aliphatic rings. The maximum absolute atomic E-state index is 12.2. The molecule has 0 bridgehead atoms. The van der Waals surface area contributed by atoms with Gasteiger partial charge in [0.2, 0.25) is 0 Å². The molecule has 0 atom stereocenters. The fourth-order valence-corrected chi connectivity index (χ4v) is 2.26. The van der Waals surface area contributed by atoms with Gasteiger partial charge in [-0.1, -0.05) is 41.9 Å². The number of rotatable bonds is 3. The number of carbonyl (C=O) groups is 1. The van der Waals surface area contributed by atoms with E-state index in [1.54, 1.807) is 42.5 Å². The Hall–Kier alpha value is -2.46. The van der Waals surface area contributed by atoms with Crippen molar-refractivity contribution in [2.24, 2.45) is 0 Å². The zero-order valence-electron chi connectivity index (χ0n) is 11.0. The molecule has 5 heteroatoms. The molecule has 3 aromatic rings. The van der Waals surface area contributed by atoms with E-state index in [0.717, 1.165) is 0 Å². The second-order valence-corrected chi connectivity index (χ2v) is 5.08. The number of ketones is 1. The normalized spacial score (nSPS) is 10.7. The number of nitrogens with one attached hydrogen (secondary N) is 1. The van der Waals surface area contributed by atoms with Gasteiger partial charge in [-0.15, -0.1) is 0 Å². The first-order chi connectivity index (χ1) is 10.1. The molecule has 104 valence electrons. The molecule has 4 nitrogen and oxygen atoms in total. The minimum atomic E-state index is -0.353. The van der Waals surface area contributed by atoms with E-state index in [1.165, 1.54) is 0 Å². The van der Waals surface area contributed by atoms with Crippen LogP contribution in [-0.2, 0) is 6.42 Å². The minimum Gasteiger partial charge on any atom is -0.319 e. The van der Waals surface area contributed by atoms with Crippen molar-refractivity contribution < 1.29 is 4.79 Å². The molecule has 21 heavy (non-hydrogen) atoms. The van der Waals surface area contributed by atoms with Crippen LogP contribution < -0.4 is 5.56 Å². The van der Waals surface area contributed by atoms with E-state index in [-0.39, 0.29) is 23.5 Å². The van der Waals surface area contributed by atoms with E-state index >= 15 is 0 Å². The highest BCUT2D eigenvalue weighted by Crippen LogP contribution is 2.15. The van der Waals surface area contributed by atoms with E-state index < -0.39 is 0 Å². The molecule has 1 heterocycles. The Balaban J connectivity index is 1.99. The van der Waals surface area contributed by atoms with Crippen molar-refractivity contribution in [1.29, 1.82) is 0 Å². The van der Waals surface area contributed by atoms with Crippen LogP contribution in [0.15, 0.2) is 53.3 Å². The molecule has 1 aromatic heterocycles. The van der Waals surface area contributed by atoms with Crippen molar-refractivity contribution >= 4 is 28.4 Å². The molecule has 0 aliphatic heterocycles. The van der Waals surface area contributed by atoms with E-state index in [0.29, 0.717) is 21.6 Å². The Morgan fingerprint density at radius 1 is 1.14 bits per heavy atom. The van der Waals surface area contributed by atoms with Gasteiger partial charge in [-0.3, -0.25) is 9.59 Å². The van der Waals surface area contributed by atoms with Crippen LogP contribution in [0.2, 0.25) is 5.02 Å².